The highest BCUT2D eigenvalue weighted by atomic mass is 16.6. The minimum Gasteiger partial charge on any atom is -0.466 e. The molecule has 3 heteroatoms. The molecule has 0 unspecified atom stereocenters. The summed E-state index contributed by atoms with van der Waals surface area (Å²) in [6.07, 6.45) is 0. The van der Waals surface area contributed by atoms with Crippen molar-refractivity contribution in [1.29, 1.82) is 0 Å². The third-order valence-electron chi connectivity index (χ3n) is 3.83. The molecule has 0 aliphatic carbocycles. The van der Waals surface area contributed by atoms with Crippen LogP contribution in [-0.2, 0) is 19.9 Å². The van der Waals surface area contributed by atoms with Crippen LogP contribution in [0.25, 0.3) is 0 Å². The van der Waals surface area contributed by atoms with Crippen LogP contribution in [0.1, 0.15) is 22.3 Å². The lowest BCUT2D eigenvalue weighted by molar-refractivity contribution is -0.162. The predicted molar refractivity (Wildman–Crippen MR) is 82.2 cm³/mol. The number of benzene rings is 2. The van der Waals surface area contributed by atoms with Crippen LogP contribution in [0.3, 0.4) is 0 Å². The molecule has 0 saturated heterocycles. The molecule has 21 heavy (non-hydrogen) atoms. The second kappa shape index (κ2) is 6.10. The number of rotatable bonds is 4. The van der Waals surface area contributed by atoms with Gasteiger partial charge in [0.15, 0.2) is 0 Å². The molecule has 0 fully saturated rings. The van der Waals surface area contributed by atoms with E-state index < -0.39 is 11.6 Å². The van der Waals surface area contributed by atoms with Crippen LogP contribution < -0.4 is 0 Å². The van der Waals surface area contributed by atoms with E-state index in [4.69, 9.17) is 9.47 Å². The highest BCUT2D eigenvalue weighted by Crippen LogP contribution is 2.37. The molecule has 0 amide bonds. The molecular formula is C18H20O3. The zero-order valence-corrected chi connectivity index (χ0v) is 12.8. The number of methoxy groups -OCH3 is 2. The fourth-order valence-corrected chi connectivity index (χ4v) is 2.75. The molecule has 3 nitrogen and oxygen atoms in total. The molecule has 0 radical (unpaired) electrons. The molecule has 2 aromatic rings. The van der Waals surface area contributed by atoms with Crippen LogP contribution in [0.2, 0.25) is 0 Å². The third-order valence-corrected chi connectivity index (χ3v) is 3.83. The van der Waals surface area contributed by atoms with E-state index >= 15 is 0 Å². The van der Waals surface area contributed by atoms with Gasteiger partial charge >= 0.3 is 5.97 Å². The minimum absolute atomic E-state index is 0.423. The molecule has 0 N–H and O–H groups in total. The third kappa shape index (κ3) is 2.45. The second-order valence-electron chi connectivity index (χ2n) is 5.01. The fraction of sp³-hybridized carbons (Fsp3) is 0.278. The second-order valence-corrected chi connectivity index (χ2v) is 5.01. The smallest absolute Gasteiger partial charge is 0.347 e. The van der Waals surface area contributed by atoms with E-state index in [-0.39, 0.29) is 0 Å². The van der Waals surface area contributed by atoms with Gasteiger partial charge in [0, 0.05) is 18.2 Å². The molecule has 0 aliphatic heterocycles. The van der Waals surface area contributed by atoms with Crippen LogP contribution in [-0.4, -0.2) is 20.2 Å². The molecule has 0 heterocycles. The number of aryl methyl sites for hydroxylation is 2. The summed E-state index contributed by atoms with van der Waals surface area (Å²) < 4.78 is 10.8. The maximum Gasteiger partial charge on any atom is 0.347 e. The van der Waals surface area contributed by atoms with Crippen LogP contribution in [0.15, 0.2) is 48.5 Å². The Balaban J connectivity index is 2.80. The van der Waals surface area contributed by atoms with Crippen molar-refractivity contribution in [2.24, 2.45) is 0 Å². The zero-order chi connectivity index (χ0) is 15.5. The Morgan fingerprint density at radius 3 is 1.62 bits per heavy atom. The maximum absolute atomic E-state index is 12.6. The summed E-state index contributed by atoms with van der Waals surface area (Å²) in [5, 5.41) is 0. The number of carbonyl (C=O) groups is 1. The molecule has 0 aromatic heterocycles. The van der Waals surface area contributed by atoms with Gasteiger partial charge < -0.3 is 9.47 Å². The number of hydrogen-bond donors (Lipinski definition) is 0. The summed E-state index contributed by atoms with van der Waals surface area (Å²) in [4.78, 5) is 12.6. The van der Waals surface area contributed by atoms with E-state index in [1.54, 1.807) is 0 Å². The lowest BCUT2D eigenvalue weighted by Gasteiger charge is -2.33. The zero-order valence-electron chi connectivity index (χ0n) is 12.8. The van der Waals surface area contributed by atoms with Crippen molar-refractivity contribution in [3.63, 3.8) is 0 Å². The first-order valence-electron chi connectivity index (χ1n) is 6.83. The minimum atomic E-state index is -1.24. The highest BCUT2D eigenvalue weighted by molar-refractivity contribution is 5.86. The quantitative estimate of drug-likeness (QED) is 0.808. The summed E-state index contributed by atoms with van der Waals surface area (Å²) in [6.45, 7) is 3.93. The summed E-state index contributed by atoms with van der Waals surface area (Å²) >= 11 is 0. The Morgan fingerprint density at radius 1 is 0.857 bits per heavy atom. The first-order valence-corrected chi connectivity index (χ1v) is 6.83. The largest absolute Gasteiger partial charge is 0.466 e. The first kappa shape index (κ1) is 15.3. The van der Waals surface area contributed by atoms with Crippen LogP contribution in [0.5, 0.6) is 0 Å². The van der Waals surface area contributed by atoms with Crippen molar-refractivity contribution in [2.45, 2.75) is 19.4 Å². The van der Waals surface area contributed by atoms with Gasteiger partial charge in [-0.25, -0.2) is 4.79 Å². The van der Waals surface area contributed by atoms with Crippen LogP contribution >= 0.6 is 0 Å². The van der Waals surface area contributed by atoms with Gasteiger partial charge in [-0.15, -0.1) is 0 Å². The molecule has 0 bridgehead atoms. The molecule has 0 atom stereocenters. The first-order chi connectivity index (χ1) is 10.1. The van der Waals surface area contributed by atoms with Crippen molar-refractivity contribution in [2.75, 3.05) is 14.2 Å². The predicted octanol–water partition coefficient (Wildman–Crippen LogP) is 3.37. The van der Waals surface area contributed by atoms with E-state index in [0.29, 0.717) is 0 Å². The molecule has 0 aliphatic rings. The van der Waals surface area contributed by atoms with Crippen molar-refractivity contribution in [3.8, 4) is 0 Å². The highest BCUT2D eigenvalue weighted by Gasteiger charge is 2.45. The van der Waals surface area contributed by atoms with E-state index in [1.165, 1.54) is 14.2 Å². The number of esters is 1. The van der Waals surface area contributed by atoms with Crippen molar-refractivity contribution in [3.05, 3.63) is 70.8 Å². The van der Waals surface area contributed by atoms with Gasteiger partial charge in [-0.1, -0.05) is 48.5 Å². The molecule has 2 rings (SSSR count). The standard InChI is InChI=1S/C18H20O3/c1-13-9-5-7-11-15(13)18(21-4,17(19)20-3)16-12-8-6-10-14(16)2/h5-12H,1-4H3. The fourth-order valence-electron chi connectivity index (χ4n) is 2.75. The maximum atomic E-state index is 12.6. The van der Waals surface area contributed by atoms with Gasteiger partial charge in [0.1, 0.15) is 0 Å². The normalized spacial score (nSPS) is 11.2. The van der Waals surface area contributed by atoms with Gasteiger partial charge in [0.05, 0.1) is 7.11 Å². The summed E-state index contributed by atoms with van der Waals surface area (Å²) in [7, 11) is 2.92. The van der Waals surface area contributed by atoms with Gasteiger partial charge in [0.25, 0.3) is 0 Å². The molecule has 110 valence electrons. The Kier molecular flexibility index (Phi) is 4.43. The number of ether oxygens (including phenoxy) is 2. The van der Waals surface area contributed by atoms with E-state index in [2.05, 4.69) is 0 Å². The lowest BCUT2D eigenvalue weighted by Crippen LogP contribution is -2.41. The van der Waals surface area contributed by atoms with E-state index in [1.807, 2.05) is 62.4 Å². The van der Waals surface area contributed by atoms with E-state index in [9.17, 15) is 4.79 Å². The number of hydrogen-bond acceptors (Lipinski definition) is 3. The van der Waals surface area contributed by atoms with Gasteiger partial charge in [-0.2, -0.15) is 0 Å². The summed E-state index contributed by atoms with van der Waals surface area (Å²) in [6, 6.07) is 15.4. The number of carbonyl (C=O) groups excluding carboxylic acids is 1. The van der Waals surface area contributed by atoms with Crippen molar-refractivity contribution in [1.82, 2.24) is 0 Å². The van der Waals surface area contributed by atoms with Crippen molar-refractivity contribution >= 4 is 5.97 Å². The molecule has 0 spiro atoms. The average Bonchev–Trinajstić information content (AvgIpc) is 2.51. The van der Waals surface area contributed by atoms with E-state index in [0.717, 1.165) is 22.3 Å². The van der Waals surface area contributed by atoms with Crippen molar-refractivity contribution < 1.29 is 14.3 Å². The molecule has 2 aromatic carbocycles. The average molecular weight is 284 g/mol. The Morgan fingerprint density at radius 2 is 1.29 bits per heavy atom. The SMILES string of the molecule is COC(=O)C(OC)(c1ccccc1C)c1ccccc1C. The van der Waals surface area contributed by atoms with Gasteiger partial charge in [0.2, 0.25) is 5.60 Å². The van der Waals surface area contributed by atoms with Crippen LogP contribution in [0, 0.1) is 13.8 Å². The monoisotopic (exact) mass is 284 g/mol. The molecule has 0 saturated carbocycles. The lowest BCUT2D eigenvalue weighted by atomic mass is 9.81. The Bertz CT molecular complexity index is 601. The van der Waals surface area contributed by atoms with Crippen LogP contribution in [0.4, 0.5) is 0 Å². The van der Waals surface area contributed by atoms with Gasteiger partial charge in [-0.3, -0.25) is 0 Å². The Hall–Kier alpha value is -2.13. The molecular weight excluding hydrogens is 264 g/mol. The topological polar surface area (TPSA) is 35.5 Å². The Labute approximate surface area is 125 Å². The summed E-state index contributed by atoms with van der Waals surface area (Å²) in [5.74, 6) is -0.423. The summed E-state index contributed by atoms with van der Waals surface area (Å²) in [5.41, 5.74) is 2.31. The van der Waals surface area contributed by atoms with Gasteiger partial charge in [-0.05, 0) is 25.0 Å².